The van der Waals surface area contributed by atoms with E-state index in [2.05, 4.69) is 39.6 Å². The zero-order valence-corrected chi connectivity index (χ0v) is 14.3. The standard InChI is InChI=1S/C16H28O2Si/c1-12-9-11-16(18-19(4,5)6)14(13(2)17)8-7-10-15(12,16)3/h8,12H,7,9-11H2,1-6H3/t12?,15-,16+/m1/s1. The third kappa shape index (κ3) is 2.25. The van der Waals surface area contributed by atoms with Gasteiger partial charge in [-0.25, -0.2) is 0 Å². The highest BCUT2D eigenvalue weighted by Crippen LogP contribution is 2.61. The Hall–Kier alpha value is -0.413. The van der Waals surface area contributed by atoms with Crippen molar-refractivity contribution in [2.24, 2.45) is 11.3 Å². The first kappa shape index (κ1) is 15.0. The third-order valence-corrected chi connectivity index (χ3v) is 6.21. The summed E-state index contributed by atoms with van der Waals surface area (Å²) in [5.74, 6) is 0.838. The van der Waals surface area contributed by atoms with Crippen LogP contribution in [0.2, 0.25) is 19.6 Å². The Bertz CT molecular complexity index is 421. The lowest BCUT2D eigenvalue weighted by molar-refractivity contribution is -0.118. The molecule has 0 radical (unpaired) electrons. The van der Waals surface area contributed by atoms with Gasteiger partial charge in [0.05, 0.1) is 5.60 Å². The van der Waals surface area contributed by atoms with E-state index in [-0.39, 0.29) is 16.8 Å². The second kappa shape index (κ2) is 4.56. The number of hydrogen-bond donors (Lipinski definition) is 0. The number of Topliss-reactive ketones (excluding diaryl/α,β-unsaturated/α-hetero) is 1. The minimum absolute atomic E-state index is 0.128. The third-order valence-electron chi connectivity index (χ3n) is 5.25. The van der Waals surface area contributed by atoms with E-state index in [1.807, 2.05) is 0 Å². The van der Waals surface area contributed by atoms with Crippen molar-refractivity contribution in [3.05, 3.63) is 11.6 Å². The lowest BCUT2D eigenvalue weighted by Crippen LogP contribution is -2.55. The Labute approximate surface area is 118 Å². The van der Waals surface area contributed by atoms with Crippen molar-refractivity contribution in [2.75, 3.05) is 0 Å². The zero-order chi connectivity index (χ0) is 14.5. The molecule has 0 N–H and O–H groups in total. The Kier molecular flexibility index (Phi) is 3.59. The topological polar surface area (TPSA) is 26.3 Å². The second-order valence-electron chi connectivity index (χ2n) is 7.61. The molecule has 2 aliphatic carbocycles. The Morgan fingerprint density at radius 3 is 2.53 bits per heavy atom. The Morgan fingerprint density at radius 2 is 2.00 bits per heavy atom. The molecule has 0 aromatic carbocycles. The maximum atomic E-state index is 12.1. The summed E-state index contributed by atoms with van der Waals surface area (Å²) < 4.78 is 6.69. The molecule has 2 aliphatic rings. The molecular formula is C16H28O2Si. The summed E-state index contributed by atoms with van der Waals surface area (Å²) >= 11 is 0. The number of allylic oxidation sites excluding steroid dienone is 1. The molecule has 2 nitrogen and oxygen atoms in total. The summed E-state index contributed by atoms with van der Waals surface area (Å²) in [5, 5.41) is 0. The lowest BCUT2D eigenvalue weighted by Gasteiger charge is -2.52. The molecule has 1 fully saturated rings. The quantitative estimate of drug-likeness (QED) is 0.720. The van der Waals surface area contributed by atoms with Gasteiger partial charge in [-0.2, -0.15) is 0 Å². The molecule has 108 valence electrons. The molecule has 3 atom stereocenters. The smallest absolute Gasteiger partial charge is 0.185 e. The van der Waals surface area contributed by atoms with Crippen molar-refractivity contribution in [3.63, 3.8) is 0 Å². The van der Waals surface area contributed by atoms with Gasteiger partial charge in [0.2, 0.25) is 0 Å². The SMILES string of the molecule is CC(=O)C1=CCC[C@]2(C)C(C)CC[C@]12O[Si](C)(C)C. The van der Waals surface area contributed by atoms with Gasteiger partial charge in [0.1, 0.15) is 0 Å². The van der Waals surface area contributed by atoms with Crippen LogP contribution in [-0.2, 0) is 9.22 Å². The summed E-state index contributed by atoms with van der Waals surface area (Å²) in [6, 6.07) is 0. The van der Waals surface area contributed by atoms with Crippen LogP contribution in [0.25, 0.3) is 0 Å². The predicted octanol–water partition coefficient (Wildman–Crippen LogP) is 4.32. The molecule has 0 saturated heterocycles. The molecular weight excluding hydrogens is 252 g/mol. The molecule has 0 amide bonds. The molecule has 19 heavy (non-hydrogen) atoms. The largest absolute Gasteiger partial charge is 0.407 e. The van der Waals surface area contributed by atoms with Gasteiger partial charge in [-0.3, -0.25) is 4.79 Å². The molecule has 0 aromatic heterocycles. The number of hydrogen-bond acceptors (Lipinski definition) is 2. The maximum Gasteiger partial charge on any atom is 0.185 e. The lowest BCUT2D eigenvalue weighted by atomic mass is 9.62. The Balaban J connectivity index is 2.54. The predicted molar refractivity (Wildman–Crippen MR) is 81.7 cm³/mol. The van der Waals surface area contributed by atoms with E-state index in [0.717, 1.165) is 24.8 Å². The zero-order valence-electron chi connectivity index (χ0n) is 13.3. The van der Waals surface area contributed by atoms with E-state index < -0.39 is 8.32 Å². The highest BCUT2D eigenvalue weighted by Gasteiger charge is 2.61. The van der Waals surface area contributed by atoms with Gasteiger partial charge in [0.25, 0.3) is 0 Å². The van der Waals surface area contributed by atoms with E-state index >= 15 is 0 Å². The first-order valence-corrected chi connectivity index (χ1v) is 10.9. The van der Waals surface area contributed by atoms with Crippen LogP contribution in [0.3, 0.4) is 0 Å². The molecule has 3 heteroatoms. The van der Waals surface area contributed by atoms with Gasteiger partial charge >= 0.3 is 0 Å². The number of carbonyl (C=O) groups is 1. The summed E-state index contributed by atoms with van der Waals surface area (Å²) in [5.41, 5.74) is 0.789. The molecule has 0 aliphatic heterocycles. The molecule has 0 bridgehead atoms. The molecule has 1 unspecified atom stereocenters. The van der Waals surface area contributed by atoms with Crippen LogP contribution in [0.4, 0.5) is 0 Å². The number of carbonyl (C=O) groups excluding carboxylic acids is 1. The van der Waals surface area contributed by atoms with Crippen molar-refractivity contribution in [1.29, 1.82) is 0 Å². The summed E-state index contributed by atoms with van der Waals surface area (Å²) in [7, 11) is -1.70. The first-order chi connectivity index (χ1) is 8.62. The highest BCUT2D eigenvalue weighted by molar-refractivity contribution is 6.69. The van der Waals surface area contributed by atoms with Gasteiger partial charge in [-0.1, -0.05) is 19.9 Å². The van der Waals surface area contributed by atoms with Gasteiger partial charge in [-0.15, -0.1) is 0 Å². The average Bonchev–Trinajstić information content (AvgIpc) is 2.50. The molecule has 0 aromatic rings. The molecule has 0 heterocycles. The van der Waals surface area contributed by atoms with Gasteiger partial charge in [0, 0.05) is 11.0 Å². The number of rotatable bonds is 3. The number of ketones is 1. The average molecular weight is 280 g/mol. The summed E-state index contributed by atoms with van der Waals surface area (Å²) in [6.07, 6.45) is 6.51. The van der Waals surface area contributed by atoms with E-state index in [1.165, 1.54) is 6.42 Å². The van der Waals surface area contributed by atoms with Gasteiger partial charge in [0.15, 0.2) is 14.1 Å². The molecule has 2 rings (SSSR count). The van der Waals surface area contributed by atoms with E-state index in [0.29, 0.717) is 5.92 Å². The van der Waals surface area contributed by atoms with Crippen molar-refractivity contribution >= 4 is 14.1 Å². The fourth-order valence-corrected chi connectivity index (χ4v) is 5.66. The van der Waals surface area contributed by atoms with Crippen molar-refractivity contribution in [1.82, 2.24) is 0 Å². The molecule has 1 saturated carbocycles. The van der Waals surface area contributed by atoms with Crippen LogP contribution in [-0.4, -0.2) is 19.7 Å². The van der Waals surface area contributed by atoms with Crippen LogP contribution in [0.1, 0.15) is 46.5 Å². The fraction of sp³-hybridized carbons (Fsp3) is 0.812. The van der Waals surface area contributed by atoms with E-state index in [4.69, 9.17) is 4.43 Å². The van der Waals surface area contributed by atoms with E-state index in [9.17, 15) is 4.79 Å². The van der Waals surface area contributed by atoms with Crippen molar-refractivity contribution < 1.29 is 9.22 Å². The fourth-order valence-electron chi connectivity index (χ4n) is 4.17. The maximum absolute atomic E-state index is 12.1. The summed E-state index contributed by atoms with van der Waals surface area (Å²) in [4.78, 5) is 12.1. The normalized spacial score (nSPS) is 38.8. The monoisotopic (exact) mass is 280 g/mol. The van der Waals surface area contributed by atoms with Crippen LogP contribution in [0.15, 0.2) is 11.6 Å². The first-order valence-electron chi connectivity index (χ1n) is 7.54. The van der Waals surface area contributed by atoms with Crippen LogP contribution in [0, 0.1) is 11.3 Å². The van der Waals surface area contributed by atoms with Crippen LogP contribution >= 0.6 is 0 Å². The van der Waals surface area contributed by atoms with Crippen molar-refractivity contribution in [3.8, 4) is 0 Å². The van der Waals surface area contributed by atoms with Crippen molar-refractivity contribution in [2.45, 2.75) is 71.7 Å². The minimum Gasteiger partial charge on any atom is -0.407 e. The summed E-state index contributed by atoms with van der Waals surface area (Å²) in [6.45, 7) is 13.1. The van der Waals surface area contributed by atoms with E-state index in [1.54, 1.807) is 6.92 Å². The minimum atomic E-state index is -1.70. The van der Waals surface area contributed by atoms with Gasteiger partial charge in [-0.05, 0) is 58.2 Å². The molecule has 0 spiro atoms. The van der Waals surface area contributed by atoms with Crippen LogP contribution < -0.4 is 0 Å². The Morgan fingerprint density at radius 1 is 1.37 bits per heavy atom. The second-order valence-corrected chi connectivity index (χ2v) is 12.0. The number of fused-ring (bicyclic) bond motifs is 1. The van der Waals surface area contributed by atoms with Crippen LogP contribution in [0.5, 0.6) is 0 Å². The van der Waals surface area contributed by atoms with Gasteiger partial charge < -0.3 is 4.43 Å². The highest BCUT2D eigenvalue weighted by atomic mass is 28.4.